The molecule has 0 atom stereocenters. The third-order valence-electron chi connectivity index (χ3n) is 3.35. The van der Waals surface area contributed by atoms with Gasteiger partial charge in [-0.1, -0.05) is 23.6 Å². The molecule has 0 bridgehead atoms. The summed E-state index contributed by atoms with van der Waals surface area (Å²) in [5.74, 6) is 2.14. The van der Waals surface area contributed by atoms with Crippen LogP contribution in [-0.2, 0) is 16.1 Å². The highest BCUT2D eigenvalue weighted by Gasteiger charge is 2.12. The lowest BCUT2D eigenvalue weighted by atomic mass is 10.2. The zero-order valence-corrected chi connectivity index (χ0v) is 16.6. The summed E-state index contributed by atoms with van der Waals surface area (Å²) < 4.78 is 29.6. The van der Waals surface area contributed by atoms with Gasteiger partial charge in [0.25, 0.3) is 0 Å². The van der Waals surface area contributed by atoms with Gasteiger partial charge < -0.3 is 14.2 Å². The normalized spacial score (nSPS) is 10.5. The summed E-state index contributed by atoms with van der Waals surface area (Å²) >= 11 is 9.43. The van der Waals surface area contributed by atoms with Crippen LogP contribution < -0.4 is 9.47 Å². The average Bonchev–Trinajstić information content (AvgIpc) is 2.64. The van der Waals surface area contributed by atoms with Crippen LogP contribution in [0.25, 0.3) is 6.08 Å². The van der Waals surface area contributed by atoms with Crippen LogP contribution in [0, 0.1) is 18.2 Å². The summed E-state index contributed by atoms with van der Waals surface area (Å²) in [4.78, 5) is 11.5. The molecule has 7 heteroatoms. The molecule has 0 radical (unpaired) electrons. The summed E-state index contributed by atoms with van der Waals surface area (Å²) in [6.07, 6.45) is 7.85. The number of rotatable bonds is 7. The SMILES string of the molecule is C#CCOC(=O)/C=C/c1cc(Br)c(OCc2ccc(F)cc2Cl)c(OC)c1. The van der Waals surface area contributed by atoms with Gasteiger partial charge in [0, 0.05) is 11.6 Å². The Labute approximate surface area is 170 Å². The maximum absolute atomic E-state index is 13.1. The summed E-state index contributed by atoms with van der Waals surface area (Å²) in [6, 6.07) is 7.52. The number of hydrogen-bond acceptors (Lipinski definition) is 4. The molecule has 0 amide bonds. The second-order valence-electron chi connectivity index (χ2n) is 5.20. The topological polar surface area (TPSA) is 44.8 Å². The van der Waals surface area contributed by atoms with Gasteiger partial charge in [-0.25, -0.2) is 9.18 Å². The highest BCUT2D eigenvalue weighted by molar-refractivity contribution is 9.10. The third kappa shape index (κ3) is 6.02. The van der Waals surface area contributed by atoms with Crippen molar-refractivity contribution in [2.75, 3.05) is 13.7 Å². The first kappa shape index (κ1) is 20.8. The van der Waals surface area contributed by atoms with E-state index < -0.39 is 11.8 Å². The third-order valence-corrected chi connectivity index (χ3v) is 4.29. The first-order chi connectivity index (χ1) is 12.9. The van der Waals surface area contributed by atoms with Crippen molar-refractivity contribution in [1.29, 1.82) is 0 Å². The fourth-order valence-corrected chi connectivity index (χ4v) is 2.89. The Balaban J connectivity index is 2.17. The lowest BCUT2D eigenvalue weighted by Gasteiger charge is -2.14. The summed E-state index contributed by atoms with van der Waals surface area (Å²) in [7, 11) is 1.49. The molecule has 2 aromatic rings. The fraction of sp³-hybridized carbons (Fsp3) is 0.150. The van der Waals surface area contributed by atoms with Gasteiger partial charge in [-0.2, -0.15) is 0 Å². The van der Waals surface area contributed by atoms with E-state index in [1.54, 1.807) is 24.3 Å². The highest BCUT2D eigenvalue weighted by Crippen LogP contribution is 2.38. The van der Waals surface area contributed by atoms with E-state index in [0.29, 0.717) is 27.1 Å². The quantitative estimate of drug-likeness (QED) is 0.335. The standard InChI is InChI=1S/C20H15BrClFO4/c1-3-8-26-19(24)7-4-13-9-16(21)20(18(10-13)25-2)27-12-14-5-6-15(23)11-17(14)22/h1,4-7,9-11H,8,12H2,2H3/b7-4+. The Hall–Kier alpha value is -2.49. The lowest BCUT2D eigenvalue weighted by Crippen LogP contribution is -2.01. The van der Waals surface area contributed by atoms with Crippen molar-refractivity contribution < 1.29 is 23.4 Å². The van der Waals surface area contributed by atoms with E-state index in [2.05, 4.69) is 21.9 Å². The van der Waals surface area contributed by atoms with Crippen molar-refractivity contribution >= 4 is 39.6 Å². The summed E-state index contributed by atoms with van der Waals surface area (Å²) in [5, 5.41) is 0.273. The molecule has 0 aliphatic carbocycles. The van der Waals surface area contributed by atoms with Gasteiger partial charge in [-0.15, -0.1) is 6.42 Å². The van der Waals surface area contributed by atoms with Crippen LogP contribution in [-0.4, -0.2) is 19.7 Å². The number of terminal acetylenes is 1. The van der Waals surface area contributed by atoms with Gasteiger partial charge in [0.05, 0.1) is 16.6 Å². The fourth-order valence-electron chi connectivity index (χ4n) is 2.09. The smallest absolute Gasteiger partial charge is 0.331 e. The predicted molar refractivity (Wildman–Crippen MR) is 105 cm³/mol. The molecular formula is C20H15BrClFO4. The number of methoxy groups -OCH3 is 1. The number of halogens is 3. The molecule has 2 rings (SSSR count). The Bertz CT molecular complexity index is 906. The highest BCUT2D eigenvalue weighted by atomic mass is 79.9. The second kappa shape index (κ2) is 10.0. The molecule has 0 saturated heterocycles. The number of benzene rings is 2. The van der Waals surface area contributed by atoms with Gasteiger partial charge in [0.15, 0.2) is 18.1 Å². The van der Waals surface area contributed by atoms with E-state index >= 15 is 0 Å². The molecule has 0 N–H and O–H groups in total. The minimum atomic E-state index is -0.547. The van der Waals surface area contributed by atoms with E-state index in [9.17, 15) is 9.18 Å². The zero-order chi connectivity index (χ0) is 19.8. The van der Waals surface area contributed by atoms with Gasteiger partial charge in [0.1, 0.15) is 12.4 Å². The Kier molecular flexibility index (Phi) is 7.71. The predicted octanol–water partition coefficient (Wildman–Crippen LogP) is 5.02. The molecule has 0 unspecified atom stereocenters. The van der Waals surface area contributed by atoms with Crippen LogP contribution >= 0.6 is 27.5 Å². The second-order valence-corrected chi connectivity index (χ2v) is 6.47. The van der Waals surface area contributed by atoms with Crippen LogP contribution in [0.1, 0.15) is 11.1 Å². The molecule has 0 saturated carbocycles. The van der Waals surface area contributed by atoms with Crippen molar-refractivity contribution in [1.82, 2.24) is 0 Å². The van der Waals surface area contributed by atoms with E-state index in [1.807, 2.05) is 0 Å². The number of carbonyl (C=O) groups excluding carboxylic acids is 1. The number of esters is 1. The van der Waals surface area contributed by atoms with E-state index in [1.165, 1.54) is 25.3 Å². The molecule has 27 heavy (non-hydrogen) atoms. The molecule has 140 valence electrons. The molecule has 0 fully saturated rings. The molecule has 4 nitrogen and oxygen atoms in total. The number of carbonyl (C=O) groups is 1. The van der Waals surface area contributed by atoms with Crippen molar-refractivity contribution in [3.63, 3.8) is 0 Å². The summed E-state index contributed by atoms with van der Waals surface area (Å²) in [5.41, 5.74) is 1.32. The minimum absolute atomic E-state index is 0.0884. The van der Waals surface area contributed by atoms with Crippen molar-refractivity contribution in [2.45, 2.75) is 6.61 Å². The largest absolute Gasteiger partial charge is 0.493 e. The number of hydrogen-bond donors (Lipinski definition) is 0. The molecule has 0 spiro atoms. The van der Waals surface area contributed by atoms with E-state index in [0.717, 1.165) is 0 Å². The maximum Gasteiger partial charge on any atom is 0.331 e. The van der Waals surface area contributed by atoms with Crippen molar-refractivity contribution in [2.24, 2.45) is 0 Å². The van der Waals surface area contributed by atoms with Crippen LogP contribution in [0.2, 0.25) is 5.02 Å². The Morgan fingerprint density at radius 3 is 2.81 bits per heavy atom. The lowest BCUT2D eigenvalue weighted by molar-refractivity contribution is -0.136. The number of ether oxygens (including phenoxy) is 3. The van der Waals surface area contributed by atoms with Gasteiger partial charge >= 0.3 is 5.97 Å². The van der Waals surface area contributed by atoms with Crippen LogP contribution in [0.4, 0.5) is 4.39 Å². The van der Waals surface area contributed by atoms with Crippen molar-refractivity contribution in [3.8, 4) is 23.8 Å². The first-order valence-corrected chi connectivity index (χ1v) is 8.84. The zero-order valence-electron chi connectivity index (χ0n) is 14.3. The Morgan fingerprint density at radius 2 is 2.15 bits per heavy atom. The molecule has 2 aromatic carbocycles. The Morgan fingerprint density at radius 1 is 1.37 bits per heavy atom. The van der Waals surface area contributed by atoms with Crippen LogP contribution in [0.3, 0.4) is 0 Å². The van der Waals surface area contributed by atoms with Crippen molar-refractivity contribution in [3.05, 3.63) is 62.8 Å². The molecule has 0 aliphatic heterocycles. The van der Waals surface area contributed by atoms with Gasteiger partial charge in [-0.05, 0) is 51.8 Å². The molecular weight excluding hydrogens is 439 g/mol. The van der Waals surface area contributed by atoms with Gasteiger partial charge in [-0.3, -0.25) is 0 Å². The van der Waals surface area contributed by atoms with E-state index in [-0.39, 0.29) is 18.2 Å². The van der Waals surface area contributed by atoms with Crippen LogP contribution in [0.5, 0.6) is 11.5 Å². The minimum Gasteiger partial charge on any atom is -0.493 e. The maximum atomic E-state index is 13.1. The van der Waals surface area contributed by atoms with Gasteiger partial charge in [0.2, 0.25) is 0 Å². The average molecular weight is 454 g/mol. The monoisotopic (exact) mass is 452 g/mol. The summed E-state index contributed by atoms with van der Waals surface area (Å²) in [6.45, 7) is 0.0383. The molecule has 0 aromatic heterocycles. The molecule has 0 aliphatic rings. The molecule has 0 heterocycles. The van der Waals surface area contributed by atoms with E-state index in [4.69, 9.17) is 32.2 Å². The first-order valence-electron chi connectivity index (χ1n) is 7.67. The van der Waals surface area contributed by atoms with Crippen LogP contribution in [0.15, 0.2) is 40.9 Å².